The molecule has 0 saturated carbocycles. The Balaban J connectivity index is 2.16. The standard InChI is InChI=1S/C12H14ClN3O/c1-16-8-10(7-15-16)17-12-3-2-9(4-5-14)6-11(12)13/h2-3,6-8H,4-5,14H2,1H3. The largest absolute Gasteiger partial charge is 0.452 e. The first-order valence-corrected chi connectivity index (χ1v) is 5.72. The molecule has 2 rings (SSSR count). The number of hydrogen-bond donors (Lipinski definition) is 1. The van der Waals surface area contributed by atoms with Gasteiger partial charge < -0.3 is 10.5 Å². The van der Waals surface area contributed by atoms with Crippen molar-refractivity contribution in [1.29, 1.82) is 0 Å². The Hall–Kier alpha value is -1.52. The van der Waals surface area contributed by atoms with E-state index in [4.69, 9.17) is 22.1 Å². The second-order valence-electron chi connectivity index (χ2n) is 3.76. The zero-order valence-corrected chi connectivity index (χ0v) is 10.3. The normalized spacial score (nSPS) is 10.5. The molecule has 1 aromatic carbocycles. The molecule has 2 N–H and O–H groups in total. The molecule has 4 nitrogen and oxygen atoms in total. The second kappa shape index (κ2) is 5.21. The van der Waals surface area contributed by atoms with Crippen molar-refractivity contribution in [2.45, 2.75) is 6.42 Å². The minimum Gasteiger partial charge on any atom is -0.452 e. The fourth-order valence-electron chi connectivity index (χ4n) is 1.53. The van der Waals surface area contributed by atoms with Gasteiger partial charge in [0.25, 0.3) is 0 Å². The van der Waals surface area contributed by atoms with E-state index >= 15 is 0 Å². The molecule has 0 atom stereocenters. The predicted molar refractivity (Wildman–Crippen MR) is 67.5 cm³/mol. The third-order valence-corrected chi connectivity index (χ3v) is 2.63. The lowest BCUT2D eigenvalue weighted by Crippen LogP contribution is -2.02. The Labute approximate surface area is 105 Å². The van der Waals surface area contributed by atoms with Crippen LogP contribution in [-0.4, -0.2) is 16.3 Å². The molecule has 0 aliphatic heterocycles. The van der Waals surface area contributed by atoms with Crippen molar-refractivity contribution in [1.82, 2.24) is 9.78 Å². The van der Waals surface area contributed by atoms with Gasteiger partial charge in [-0.2, -0.15) is 5.10 Å². The first-order valence-electron chi connectivity index (χ1n) is 5.34. The van der Waals surface area contributed by atoms with Crippen LogP contribution in [0.1, 0.15) is 5.56 Å². The molecule has 0 aliphatic rings. The predicted octanol–water partition coefficient (Wildman–Crippen LogP) is 2.37. The molecule has 0 unspecified atom stereocenters. The molecule has 1 heterocycles. The van der Waals surface area contributed by atoms with Gasteiger partial charge in [0.1, 0.15) is 5.75 Å². The van der Waals surface area contributed by atoms with Crippen LogP contribution in [0.15, 0.2) is 30.6 Å². The molecular formula is C12H14ClN3O. The van der Waals surface area contributed by atoms with E-state index in [9.17, 15) is 0 Å². The number of rotatable bonds is 4. The molecular weight excluding hydrogens is 238 g/mol. The maximum Gasteiger partial charge on any atom is 0.165 e. The molecule has 5 heteroatoms. The SMILES string of the molecule is Cn1cc(Oc2ccc(CCN)cc2Cl)cn1. The number of aromatic nitrogens is 2. The average molecular weight is 252 g/mol. The average Bonchev–Trinajstić information content (AvgIpc) is 2.69. The second-order valence-corrected chi connectivity index (χ2v) is 4.16. The van der Waals surface area contributed by atoms with E-state index in [0.29, 0.717) is 23.1 Å². The molecule has 0 amide bonds. The fraction of sp³-hybridized carbons (Fsp3) is 0.250. The van der Waals surface area contributed by atoms with Crippen molar-refractivity contribution in [2.24, 2.45) is 12.8 Å². The topological polar surface area (TPSA) is 53.1 Å². The number of aryl methyl sites for hydroxylation is 1. The summed E-state index contributed by atoms with van der Waals surface area (Å²) >= 11 is 6.13. The molecule has 2 aromatic rings. The summed E-state index contributed by atoms with van der Waals surface area (Å²) in [5.41, 5.74) is 6.60. The Morgan fingerprint density at radius 2 is 2.29 bits per heavy atom. The van der Waals surface area contributed by atoms with Crippen molar-refractivity contribution >= 4 is 11.6 Å². The van der Waals surface area contributed by atoms with Crippen molar-refractivity contribution in [3.8, 4) is 11.5 Å². The van der Waals surface area contributed by atoms with Gasteiger partial charge in [0.15, 0.2) is 5.75 Å². The van der Waals surface area contributed by atoms with Crippen LogP contribution in [-0.2, 0) is 13.5 Å². The molecule has 1 aromatic heterocycles. The van der Waals surface area contributed by atoms with E-state index in [0.717, 1.165) is 12.0 Å². The van der Waals surface area contributed by atoms with Crippen LogP contribution in [0.25, 0.3) is 0 Å². The Bertz CT molecular complexity index is 510. The maximum absolute atomic E-state index is 6.13. The third-order valence-electron chi connectivity index (χ3n) is 2.34. The number of nitrogens with zero attached hydrogens (tertiary/aromatic N) is 2. The van der Waals surface area contributed by atoms with Crippen LogP contribution < -0.4 is 10.5 Å². The highest BCUT2D eigenvalue weighted by atomic mass is 35.5. The molecule has 0 saturated heterocycles. The maximum atomic E-state index is 6.13. The van der Waals surface area contributed by atoms with Crippen LogP contribution in [0.5, 0.6) is 11.5 Å². The number of nitrogens with two attached hydrogens (primary N) is 1. The van der Waals surface area contributed by atoms with E-state index < -0.39 is 0 Å². The van der Waals surface area contributed by atoms with Crippen molar-refractivity contribution in [3.05, 3.63) is 41.2 Å². The summed E-state index contributed by atoms with van der Waals surface area (Å²) in [4.78, 5) is 0. The van der Waals surface area contributed by atoms with Gasteiger partial charge in [-0.15, -0.1) is 0 Å². The summed E-state index contributed by atoms with van der Waals surface area (Å²) in [6, 6.07) is 5.69. The van der Waals surface area contributed by atoms with E-state index in [2.05, 4.69) is 5.10 Å². The van der Waals surface area contributed by atoms with E-state index in [1.54, 1.807) is 17.1 Å². The zero-order valence-electron chi connectivity index (χ0n) is 9.56. The van der Waals surface area contributed by atoms with Crippen LogP contribution in [0.3, 0.4) is 0 Å². The van der Waals surface area contributed by atoms with E-state index in [-0.39, 0.29) is 0 Å². The first-order chi connectivity index (χ1) is 8.19. The van der Waals surface area contributed by atoms with Gasteiger partial charge in [-0.05, 0) is 30.7 Å². The van der Waals surface area contributed by atoms with Crippen LogP contribution >= 0.6 is 11.6 Å². The van der Waals surface area contributed by atoms with Crippen molar-refractivity contribution in [3.63, 3.8) is 0 Å². The summed E-state index contributed by atoms with van der Waals surface area (Å²) in [5, 5.41) is 4.60. The molecule has 0 radical (unpaired) electrons. The lowest BCUT2D eigenvalue weighted by Gasteiger charge is -2.06. The number of benzene rings is 1. The minimum atomic E-state index is 0.583. The van der Waals surface area contributed by atoms with Gasteiger partial charge >= 0.3 is 0 Å². The highest BCUT2D eigenvalue weighted by molar-refractivity contribution is 6.32. The van der Waals surface area contributed by atoms with Crippen LogP contribution in [0.4, 0.5) is 0 Å². The van der Waals surface area contributed by atoms with Crippen molar-refractivity contribution < 1.29 is 4.74 Å². The monoisotopic (exact) mass is 251 g/mol. The Morgan fingerprint density at radius 1 is 1.47 bits per heavy atom. The molecule has 0 fully saturated rings. The summed E-state index contributed by atoms with van der Waals surface area (Å²) in [6.07, 6.45) is 4.24. The molecule has 17 heavy (non-hydrogen) atoms. The van der Waals surface area contributed by atoms with E-state index in [1.807, 2.05) is 25.2 Å². The van der Waals surface area contributed by atoms with E-state index in [1.165, 1.54) is 0 Å². The van der Waals surface area contributed by atoms with Gasteiger partial charge in [-0.1, -0.05) is 17.7 Å². The smallest absolute Gasteiger partial charge is 0.165 e. The van der Waals surface area contributed by atoms with Crippen LogP contribution in [0, 0.1) is 0 Å². The molecule has 0 aliphatic carbocycles. The molecule has 90 valence electrons. The van der Waals surface area contributed by atoms with Gasteiger partial charge in [-0.3, -0.25) is 4.68 Å². The summed E-state index contributed by atoms with van der Waals surface area (Å²) in [5.74, 6) is 1.29. The summed E-state index contributed by atoms with van der Waals surface area (Å²) in [6.45, 7) is 0.610. The number of halogens is 1. The van der Waals surface area contributed by atoms with Gasteiger partial charge in [0.2, 0.25) is 0 Å². The van der Waals surface area contributed by atoms with Crippen LogP contribution in [0.2, 0.25) is 5.02 Å². The van der Waals surface area contributed by atoms with Gasteiger partial charge in [-0.25, -0.2) is 0 Å². The lowest BCUT2D eigenvalue weighted by molar-refractivity contribution is 0.482. The third kappa shape index (κ3) is 2.99. The molecule has 0 spiro atoms. The fourth-order valence-corrected chi connectivity index (χ4v) is 1.77. The molecule has 0 bridgehead atoms. The lowest BCUT2D eigenvalue weighted by atomic mass is 10.1. The number of ether oxygens (including phenoxy) is 1. The van der Waals surface area contributed by atoms with Gasteiger partial charge in [0.05, 0.1) is 17.4 Å². The summed E-state index contributed by atoms with van der Waals surface area (Å²) < 4.78 is 7.29. The minimum absolute atomic E-state index is 0.583. The Morgan fingerprint density at radius 3 is 2.88 bits per heavy atom. The quantitative estimate of drug-likeness (QED) is 0.908. The van der Waals surface area contributed by atoms with Crippen molar-refractivity contribution in [2.75, 3.05) is 6.54 Å². The zero-order chi connectivity index (χ0) is 12.3. The Kier molecular flexibility index (Phi) is 3.66. The van der Waals surface area contributed by atoms with Gasteiger partial charge in [0, 0.05) is 7.05 Å². The summed E-state index contributed by atoms with van der Waals surface area (Å²) in [7, 11) is 1.83. The number of hydrogen-bond acceptors (Lipinski definition) is 3. The highest BCUT2D eigenvalue weighted by Gasteiger charge is 2.05. The highest BCUT2D eigenvalue weighted by Crippen LogP contribution is 2.29. The first kappa shape index (κ1) is 12.0.